The van der Waals surface area contributed by atoms with Crippen LogP contribution in [0.3, 0.4) is 0 Å². The highest BCUT2D eigenvalue weighted by atomic mass is 32.2. The summed E-state index contributed by atoms with van der Waals surface area (Å²) in [6, 6.07) is 15.7. The monoisotopic (exact) mass is 345 g/mol. The normalized spacial score (nSPS) is 10.2. The second kappa shape index (κ2) is 9.88. The van der Waals surface area contributed by atoms with E-state index >= 15 is 0 Å². The van der Waals surface area contributed by atoms with E-state index < -0.39 is 0 Å². The van der Waals surface area contributed by atoms with E-state index in [-0.39, 0.29) is 5.91 Å². The molecule has 1 N–H and O–H groups in total. The van der Waals surface area contributed by atoms with Gasteiger partial charge in [-0.1, -0.05) is 24.3 Å². The quantitative estimate of drug-likeness (QED) is 0.754. The number of carbonyl (C=O) groups excluding carboxylic acids is 1. The van der Waals surface area contributed by atoms with Gasteiger partial charge in [-0.3, -0.25) is 4.79 Å². The number of amides is 1. The molecule has 128 valence electrons. The second-order valence-corrected chi connectivity index (χ2v) is 6.18. The summed E-state index contributed by atoms with van der Waals surface area (Å²) >= 11 is 1.60. The van der Waals surface area contributed by atoms with Crippen LogP contribution in [0, 0.1) is 0 Å². The van der Waals surface area contributed by atoms with Crippen molar-refractivity contribution in [3.05, 3.63) is 59.7 Å². The van der Waals surface area contributed by atoms with E-state index in [1.165, 1.54) is 5.56 Å². The van der Waals surface area contributed by atoms with Crippen LogP contribution < -0.4 is 14.8 Å². The first kappa shape index (κ1) is 18.2. The number of hydrogen-bond acceptors (Lipinski definition) is 4. The van der Waals surface area contributed by atoms with Crippen molar-refractivity contribution in [1.82, 2.24) is 5.32 Å². The molecular weight excluding hydrogens is 322 g/mol. The van der Waals surface area contributed by atoms with E-state index in [4.69, 9.17) is 9.47 Å². The minimum Gasteiger partial charge on any atom is -0.497 e. The summed E-state index contributed by atoms with van der Waals surface area (Å²) in [4.78, 5) is 11.9. The molecule has 24 heavy (non-hydrogen) atoms. The molecule has 1 amide bonds. The predicted molar refractivity (Wildman–Crippen MR) is 98.6 cm³/mol. The summed E-state index contributed by atoms with van der Waals surface area (Å²) in [5.41, 5.74) is 2.22. The maximum Gasteiger partial charge on any atom is 0.230 e. The molecule has 4 nitrogen and oxygen atoms in total. The minimum atomic E-state index is 0.0373. The molecule has 2 aromatic carbocycles. The molecule has 0 heterocycles. The molecule has 0 saturated heterocycles. The summed E-state index contributed by atoms with van der Waals surface area (Å²) in [5, 5.41) is 2.94. The largest absolute Gasteiger partial charge is 0.497 e. The maximum atomic E-state index is 11.9. The third-order valence-corrected chi connectivity index (χ3v) is 4.36. The second-order valence-electron chi connectivity index (χ2n) is 5.20. The lowest BCUT2D eigenvalue weighted by Crippen LogP contribution is -2.24. The number of rotatable bonds is 9. The summed E-state index contributed by atoms with van der Waals surface area (Å²) in [7, 11) is 1.65. The van der Waals surface area contributed by atoms with Crippen LogP contribution in [0.5, 0.6) is 11.5 Å². The topological polar surface area (TPSA) is 47.6 Å². The molecule has 5 heteroatoms. The van der Waals surface area contributed by atoms with Gasteiger partial charge < -0.3 is 14.8 Å². The van der Waals surface area contributed by atoms with Gasteiger partial charge in [0.2, 0.25) is 5.91 Å². The summed E-state index contributed by atoms with van der Waals surface area (Å²) in [6.45, 7) is 3.11. The molecule has 0 radical (unpaired) electrons. The van der Waals surface area contributed by atoms with E-state index in [1.807, 2.05) is 55.5 Å². The van der Waals surface area contributed by atoms with Crippen molar-refractivity contribution in [2.24, 2.45) is 0 Å². The Morgan fingerprint density at radius 2 is 1.88 bits per heavy atom. The van der Waals surface area contributed by atoms with Gasteiger partial charge in [0.05, 0.1) is 19.5 Å². The number of benzene rings is 2. The van der Waals surface area contributed by atoms with Gasteiger partial charge in [-0.15, -0.1) is 11.8 Å². The van der Waals surface area contributed by atoms with Crippen LogP contribution in [0.4, 0.5) is 0 Å². The third-order valence-electron chi connectivity index (χ3n) is 3.36. The molecule has 2 rings (SSSR count). The lowest BCUT2D eigenvalue weighted by Gasteiger charge is -2.08. The Labute approximate surface area is 147 Å². The zero-order valence-electron chi connectivity index (χ0n) is 14.1. The predicted octanol–water partition coefficient (Wildman–Crippen LogP) is 3.64. The molecule has 2 aromatic rings. The van der Waals surface area contributed by atoms with Crippen molar-refractivity contribution in [1.29, 1.82) is 0 Å². The highest BCUT2D eigenvalue weighted by molar-refractivity contribution is 7.99. The number of nitrogens with one attached hydrogen (secondary N) is 1. The van der Waals surface area contributed by atoms with Crippen LogP contribution in [-0.4, -0.2) is 25.4 Å². The smallest absolute Gasteiger partial charge is 0.230 e. The van der Waals surface area contributed by atoms with Crippen LogP contribution in [0.15, 0.2) is 48.5 Å². The zero-order chi connectivity index (χ0) is 17.2. The Hall–Kier alpha value is -2.14. The molecule has 0 aliphatic rings. The molecule has 0 aliphatic heterocycles. The van der Waals surface area contributed by atoms with Gasteiger partial charge in [0.15, 0.2) is 0 Å². The first-order chi connectivity index (χ1) is 11.7. The first-order valence-corrected chi connectivity index (χ1v) is 9.06. The summed E-state index contributed by atoms with van der Waals surface area (Å²) in [5.74, 6) is 2.96. The van der Waals surface area contributed by atoms with Gasteiger partial charge in [0, 0.05) is 12.3 Å². The average Bonchev–Trinajstić information content (AvgIpc) is 2.61. The molecule has 0 aromatic heterocycles. The number of carbonyl (C=O) groups is 1. The maximum absolute atomic E-state index is 11.9. The van der Waals surface area contributed by atoms with Crippen LogP contribution in [0.1, 0.15) is 18.1 Å². The fourth-order valence-electron chi connectivity index (χ4n) is 2.15. The molecule has 0 spiro atoms. The standard InChI is InChI=1S/C19H23NO3S/c1-3-23-18-6-4-5-16(11-18)12-20-19(21)14-24-13-15-7-9-17(22-2)10-8-15/h4-11H,3,12-14H2,1-2H3,(H,20,21). The van der Waals surface area contributed by atoms with Gasteiger partial charge in [-0.2, -0.15) is 0 Å². The Morgan fingerprint density at radius 3 is 2.58 bits per heavy atom. The first-order valence-electron chi connectivity index (χ1n) is 7.90. The number of methoxy groups -OCH3 is 1. The van der Waals surface area contributed by atoms with Crippen molar-refractivity contribution in [3.63, 3.8) is 0 Å². The van der Waals surface area contributed by atoms with Gasteiger partial charge in [-0.05, 0) is 42.3 Å². The van der Waals surface area contributed by atoms with Crippen molar-refractivity contribution in [2.75, 3.05) is 19.5 Å². The Bertz CT molecular complexity index is 643. The fourth-order valence-corrected chi connectivity index (χ4v) is 2.96. The van der Waals surface area contributed by atoms with Crippen LogP contribution in [0.25, 0.3) is 0 Å². The highest BCUT2D eigenvalue weighted by Crippen LogP contribution is 2.16. The molecule has 0 atom stereocenters. The van der Waals surface area contributed by atoms with Gasteiger partial charge >= 0.3 is 0 Å². The molecule has 0 fully saturated rings. The summed E-state index contributed by atoms with van der Waals surface area (Å²) < 4.78 is 10.6. The fraction of sp³-hybridized carbons (Fsp3) is 0.316. The molecule has 0 unspecified atom stereocenters. The van der Waals surface area contributed by atoms with Crippen molar-refractivity contribution in [2.45, 2.75) is 19.2 Å². The highest BCUT2D eigenvalue weighted by Gasteiger charge is 2.03. The zero-order valence-corrected chi connectivity index (χ0v) is 14.9. The molecule has 0 aliphatic carbocycles. The van der Waals surface area contributed by atoms with E-state index in [2.05, 4.69) is 5.32 Å². The average molecular weight is 345 g/mol. The summed E-state index contributed by atoms with van der Waals surface area (Å²) in [6.07, 6.45) is 0. The van der Waals surface area contributed by atoms with Gasteiger partial charge in [0.25, 0.3) is 0 Å². The van der Waals surface area contributed by atoms with E-state index in [1.54, 1.807) is 18.9 Å². The lowest BCUT2D eigenvalue weighted by molar-refractivity contribution is -0.118. The van der Waals surface area contributed by atoms with Crippen LogP contribution >= 0.6 is 11.8 Å². The molecule has 0 bridgehead atoms. The van der Waals surface area contributed by atoms with Crippen LogP contribution in [0.2, 0.25) is 0 Å². The van der Waals surface area contributed by atoms with Gasteiger partial charge in [-0.25, -0.2) is 0 Å². The van der Waals surface area contributed by atoms with Gasteiger partial charge in [0.1, 0.15) is 11.5 Å². The number of ether oxygens (including phenoxy) is 2. The lowest BCUT2D eigenvalue weighted by atomic mass is 10.2. The van der Waals surface area contributed by atoms with E-state index in [9.17, 15) is 4.79 Å². The Kier molecular flexibility index (Phi) is 7.49. The van der Waals surface area contributed by atoms with Crippen molar-refractivity contribution < 1.29 is 14.3 Å². The third kappa shape index (κ3) is 6.16. The number of thioether (sulfide) groups is 1. The van der Waals surface area contributed by atoms with Crippen LogP contribution in [-0.2, 0) is 17.1 Å². The molecular formula is C19H23NO3S. The van der Waals surface area contributed by atoms with E-state index in [0.717, 1.165) is 22.8 Å². The Balaban J connectivity index is 1.70. The van der Waals surface area contributed by atoms with Crippen molar-refractivity contribution >= 4 is 17.7 Å². The minimum absolute atomic E-state index is 0.0373. The van der Waals surface area contributed by atoms with E-state index in [0.29, 0.717) is 18.9 Å². The number of hydrogen-bond donors (Lipinski definition) is 1. The Morgan fingerprint density at radius 1 is 1.08 bits per heavy atom. The molecule has 0 saturated carbocycles. The van der Waals surface area contributed by atoms with Crippen molar-refractivity contribution in [3.8, 4) is 11.5 Å². The SMILES string of the molecule is CCOc1cccc(CNC(=O)CSCc2ccc(OC)cc2)c1.